The zero-order valence-electron chi connectivity index (χ0n) is 39.4. The average molecular weight is 905 g/mol. The second-order valence-electron chi connectivity index (χ2n) is 19.9. The molecule has 9 rings (SSSR count). The van der Waals surface area contributed by atoms with Crippen molar-refractivity contribution in [2.24, 2.45) is 0 Å². The number of phenolic OH excluding ortho intramolecular Hbond substituents is 2. The van der Waals surface area contributed by atoms with E-state index in [1.165, 1.54) is 0 Å². The van der Waals surface area contributed by atoms with Gasteiger partial charge < -0.3 is 19.7 Å². The van der Waals surface area contributed by atoms with Crippen LogP contribution in [0.4, 0.5) is 0 Å². The first kappa shape index (κ1) is 45.4. The Morgan fingerprint density at radius 3 is 1.09 bits per heavy atom. The zero-order chi connectivity index (χ0) is 47.7. The number of fused-ring (bicyclic) bond motifs is 8. The van der Waals surface area contributed by atoms with Gasteiger partial charge >= 0.3 is 11.9 Å². The van der Waals surface area contributed by atoms with Crippen molar-refractivity contribution >= 4 is 11.9 Å². The van der Waals surface area contributed by atoms with E-state index < -0.39 is 11.9 Å². The number of rotatable bonds is 8. The molecule has 0 fully saturated rings. The van der Waals surface area contributed by atoms with Crippen molar-refractivity contribution < 1.29 is 29.3 Å². The molecule has 0 amide bonds. The van der Waals surface area contributed by atoms with Crippen molar-refractivity contribution in [2.75, 3.05) is 0 Å². The summed E-state index contributed by atoms with van der Waals surface area (Å²) in [6, 6.07) is 37.8. The van der Waals surface area contributed by atoms with Crippen LogP contribution in [0, 0.1) is 0 Å². The average Bonchev–Trinajstić information content (AvgIpc) is 4.03. The lowest BCUT2D eigenvalue weighted by atomic mass is 9.81. The number of nitrogens with zero attached hydrogens (tertiary/aromatic N) is 4. The van der Waals surface area contributed by atoms with E-state index in [0.29, 0.717) is 80.2 Å². The minimum atomic E-state index is -0.522. The molecule has 2 heterocycles. The normalized spacial score (nSPS) is 12.7. The Hall–Kier alpha value is -7.72. The number of hydrogen-bond acceptors (Lipinski definition) is 8. The Morgan fingerprint density at radius 1 is 0.485 bits per heavy atom. The summed E-state index contributed by atoms with van der Waals surface area (Å²) in [6.45, 7) is 13.7. The molecule has 0 radical (unpaired) electrons. The molecule has 2 aromatic heterocycles. The topological polar surface area (TPSA) is 129 Å². The maximum Gasteiger partial charge on any atom is 0.343 e. The third kappa shape index (κ3) is 10.0. The number of carbonyl (C=O) groups is 2. The van der Waals surface area contributed by atoms with Gasteiger partial charge in [-0.25, -0.2) is 9.59 Å². The molecular formula is C58H56N4O6. The van der Waals surface area contributed by atoms with Crippen LogP contribution in [0.5, 0.6) is 23.0 Å². The van der Waals surface area contributed by atoms with Gasteiger partial charge in [0.1, 0.15) is 23.0 Å². The van der Waals surface area contributed by atoms with Crippen LogP contribution >= 0.6 is 0 Å². The first-order chi connectivity index (χ1) is 32.6. The Bertz CT molecular complexity index is 2820. The fourth-order valence-corrected chi connectivity index (χ4v) is 8.98. The van der Waals surface area contributed by atoms with Gasteiger partial charge in [0.25, 0.3) is 0 Å². The molecule has 6 aromatic carbocycles. The van der Waals surface area contributed by atoms with Gasteiger partial charge in [-0.1, -0.05) is 102 Å². The summed E-state index contributed by atoms with van der Waals surface area (Å²) in [4.78, 5) is 28.3. The number of benzene rings is 6. The van der Waals surface area contributed by atoms with E-state index in [1.54, 1.807) is 60.9 Å². The zero-order valence-corrected chi connectivity index (χ0v) is 39.4. The van der Waals surface area contributed by atoms with E-state index in [9.17, 15) is 19.8 Å². The lowest BCUT2D eigenvalue weighted by molar-refractivity contribution is 0.0722. The van der Waals surface area contributed by atoms with Crippen LogP contribution < -0.4 is 9.47 Å². The molecule has 344 valence electrons. The number of aromatic hydroxyl groups is 2. The third-order valence-corrected chi connectivity index (χ3v) is 12.6. The molecule has 0 atom stereocenters. The summed E-state index contributed by atoms with van der Waals surface area (Å²) in [5, 5.41) is 34.3. The number of phenols is 2. The molecule has 8 bridgehead atoms. The molecule has 0 saturated carbocycles. The maximum atomic E-state index is 14.2. The Balaban J connectivity index is 1.33. The fourth-order valence-electron chi connectivity index (χ4n) is 8.98. The van der Waals surface area contributed by atoms with Gasteiger partial charge in [-0.2, -0.15) is 10.2 Å². The first-order valence-electron chi connectivity index (χ1n) is 23.0. The molecule has 2 N–H and O–H groups in total. The second kappa shape index (κ2) is 18.5. The summed E-state index contributed by atoms with van der Waals surface area (Å²) >= 11 is 0. The number of esters is 2. The molecular weight excluding hydrogens is 849 g/mol. The molecule has 8 aromatic rings. The van der Waals surface area contributed by atoms with Gasteiger partial charge in [0, 0.05) is 72.7 Å². The molecule has 0 aliphatic heterocycles. The first-order valence-corrected chi connectivity index (χ1v) is 23.0. The summed E-state index contributed by atoms with van der Waals surface area (Å²) in [7, 11) is 0. The molecule has 0 unspecified atom stereocenters. The van der Waals surface area contributed by atoms with Crippen LogP contribution in [0.1, 0.15) is 129 Å². The predicted molar refractivity (Wildman–Crippen MR) is 263 cm³/mol. The minimum Gasteiger partial charge on any atom is -0.507 e. The van der Waals surface area contributed by atoms with E-state index in [0.717, 1.165) is 22.3 Å². The van der Waals surface area contributed by atoms with Crippen LogP contribution in [0.15, 0.2) is 146 Å². The number of hydrogen-bond donors (Lipinski definition) is 2. The summed E-state index contributed by atoms with van der Waals surface area (Å²) < 4.78 is 16.7. The van der Waals surface area contributed by atoms with Gasteiger partial charge in [0.05, 0.1) is 24.2 Å². The highest BCUT2D eigenvalue weighted by molar-refractivity contribution is 5.92. The Kier molecular flexibility index (Phi) is 12.4. The molecule has 1 aliphatic rings. The largest absolute Gasteiger partial charge is 0.507 e. The number of carbonyl (C=O) groups excluding carboxylic acids is 2. The van der Waals surface area contributed by atoms with Crippen molar-refractivity contribution in [3.05, 3.63) is 224 Å². The Labute approximate surface area is 397 Å². The third-order valence-electron chi connectivity index (χ3n) is 12.6. The van der Waals surface area contributed by atoms with Gasteiger partial charge in [0.2, 0.25) is 0 Å². The Morgan fingerprint density at radius 2 is 0.809 bits per heavy atom. The summed E-state index contributed by atoms with van der Waals surface area (Å²) in [5.41, 5.74) is 9.16. The van der Waals surface area contributed by atoms with Crippen LogP contribution in [0.25, 0.3) is 0 Å². The predicted octanol–water partition coefficient (Wildman–Crippen LogP) is 11.3. The SMILES string of the molecule is CC(C)(C)c1cc2c(OC(=O)c3ccccc3)c(c1)Cc1cc(Cn3cccn3)cc(c1O)Cc1cc(C(C)(C)C)cc(c1OC(=O)c1ccccc1)Cc1cc(Cn3cccn3)cc(c1O)C2. The van der Waals surface area contributed by atoms with Crippen molar-refractivity contribution in [1.82, 2.24) is 19.6 Å². The smallest absolute Gasteiger partial charge is 0.343 e. The van der Waals surface area contributed by atoms with Crippen molar-refractivity contribution in [2.45, 2.75) is 91.1 Å². The monoisotopic (exact) mass is 904 g/mol. The van der Waals surface area contributed by atoms with Crippen LogP contribution in [-0.2, 0) is 49.6 Å². The quantitative estimate of drug-likeness (QED) is 0.114. The molecule has 0 spiro atoms. The van der Waals surface area contributed by atoms with Gasteiger partial charge in [-0.3, -0.25) is 9.36 Å². The van der Waals surface area contributed by atoms with Crippen molar-refractivity contribution in [3.63, 3.8) is 0 Å². The minimum absolute atomic E-state index is 0.0820. The van der Waals surface area contributed by atoms with E-state index in [-0.39, 0.29) is 48.0 Å². The van der Waals surface area contributed by atoms with E-state index in [2.05, 4.69) is 76.0 Å². The molecule has 10 heteroatoms. The van der Waals surface area contributed by atoms with Gasteiger partial charge in [-0.05, 0) is 116 Å². The van der Waals surface area contributed by atoms with Gasteiger partial charge in [-0.15, -0.1) is 0 Å². The van der Waals surface area contributed by atoms with E-state index in [1.807, 2.05) is 70.3 Å². The highest BCUT2D eigenvalue weighted by Gasteiger charge is 2.28. The highest BCUT2D eigenvalue weighted by Crippen LogP contribution is 2.43. The summed E-state index contributed by atoms with van der Waals surface area (Å²) in [6.07, 6.45) is 8.05. The lowest BCUT2D eigenvalue weighted by Gasteiger charge is -2.26. The molecule has 0 saturated heterocycles. The number of aromatic nitrogens is 4. The second-order valence-corrected chi connectivity index (χ2v) is 19.9. The maximum absolute atomic E-state index is 14.2. The lowest BCUT2D eigenvalue weighted by Crippen LogP contribution is -2.17. The standard InChI is InChI=1S/C58H56N4O6/c1-57(2,3)49-31-45-27-41-23-37(35-61-21-13-19-59-61)25-43(51(41)63)29-47-33-50(58(4,5)6)34-48(54(47)68-56(66)40-17-11-8-12-18-40)30-44-26-38(36-62-22-14-20-60-62)24-42(52(44)64)28-46(32-49)53(45)67-55(65)39-15-9-7-10-16-39/h7-26,31-34,63-64H,27-30,35-36H2,1-6H3. The molecule has 1 aliphatic carbocycles. The fraction of sp³-hybridized carbons (Fsp3) is 0.241. The van der Waals surface area contributed by atoms with Crippen molar-refractivity contribution in [3.8, 4) is 23.0 Å². The molecule has 68 heavy (non-hydrogen) atoms. The summed E-state index contributed by atoms with van der Waals surface area (Å²) in [5.74, 6) is -0.146. The van der Waals surface area contributed by atoms with Crippen LogP contribution in [-0.4, -0.2) is 41.7 Å². The van der Waals surface area contributed by atoms with Crippen molar-refractivity contribution in [1.29, 1.82) is 0 Å². The molecule has 10 nitrogen and oxygen atoms in total. The highest BCUT2D eigenvalue weighted by atomic mass is 16.5. The van der Waals surface area contributed by atoms with Gasteiger partial charge in [0.15, 0.2) is 0 Å². The number of ether oxygens (including phenoxy) is 2. The van der Waals surface area contributed by atoms with E-state index >= 15 is 0 Å². The van der Waals surface area contributed by atoms with Crippen LogP contribution in [0.2, 0.25) is 0 Å². The van der Waals surface area contributed by atoms with E-state index in [4.69, 9.17) is 9.47 Å². The van der Waals surface area contributed by atoms with Crippen LogP contribution in [0.3, 0.4) is 0 Å².